The molecule has 2 aromatic carbocycles. The average molecular weight is 375 g/mol. The summed E-state index contributed by atoms with van der Waals surface area (Å²) in [5, 5.41) is 3.65. The highest BCUT2D eigenvalue weighted by atomic mass is 79.9. The molecule has 0 fully saturated rings. The summed E-state index contributed by atoms with van der Waals surface area (Å²) < 4.78 is 24.5. The molecule has 3 nitrogen and oxygen atoms in total. The smallest absolute Gasteiger partial charge is 0.145 e. The zero-order valence-electron chi connectivity index (χ0n) is 11.5. The van der Waals surface area contributed by atoms with E-state index in [0.29, 0.717) is 28.8 Å². The van der Waals surface area contributed by atoms with Crippen molar-refractivity contribution in [3.8, 4) is 11.5 Å². The van der Waals surface area contributed by atoms with Gasteiger partial charge in [-0.2, -0.15) is 0 Å². The van der Waals surface area contributed by atoms with Crippen molar-refractivity contribution in [3.63, 3.8) is 0 Å². The van der Waals surface area contributed by atoms with Gasteiger partial charge >= 0.3 is 0 Å². The SMILES string of the molecule is COc1cc(OC)c(NCc2cc(F)ccc2Br)cc1Cl. The van der Waals surface area contributed by atoms with E-state index in [1.165, 1.54) is 19.2 Å². The van der Waals surface area contributed by atoms with Gasteiger partial charge < -0.3 is 14.8 Å². The van der Waals surface area contributed by atoms with Gasteiger partial charge in [0.2, 0.25) is 0 Å². The van der Waals surface area contributed by atoms with Crippen LogP contribution >= 0.6 is 27.5 Å². The van der Waals surface area contributed by atoms with Gasteiger partial charge in [-0.1, -0.05) is 27.5 Å². The molecule has 0 atom stereocenters. The molecule has 112 valence electrons. The first-order valence-corrected chi connectivity index (χ1v) is 7.31. The van der Waals surface area contributed by atoms with Crippen molar-refractivity contribution in [2.75, 3.05) is 19.5 Å². The van der Waals surface area contributed by atoms with Crippen LogP contribution in [0.15, 0.2) is 34.8 Å². The first-order chi connectivity index (χ1) is 10.0. The van der Waals surface area contributed by atoms with Crippen LogP contribution in [0.5, 0.6) is 11.5 Å². The minimum atomic E-state index is -0.283. The summed E-state index contributed by atoms with van der Waals surface area (Å²) in [6, 6.07) is 7.95. The first-order valence-electron chi connectivity index (χ1n) is 6.14. The third-order valence-electron chi connectivity index (χ3n) is 2.95. The predicted octanol–water partition coefficient (Wildman–Crippen LogP) is 4.87. The van der Waals surface area contributed by atoms with E-state index >= 15 is 0 Å². The minimum absolute atomic E-state index is 0.283. The summed E-state index contributed by atoms with van der Waals surface area (Å²) in [5.41, 5.74) is 1.50. The lowest BCUT2D eigenvalue weighted by Crippen LogP contribution is -2.03. The number of hydrogen-bond acceptors (Lipinski definition) is 3. The second kappa shape index (κ2) is 7.00. The second-order valence-corrected chi connectivity index (χ2v) is 5.54. The fourth-order valence-corrected chi connectivity index (χ4v) is 2.50. The molecule has 0 amide bonds. The maximum atomic E-state index is 13.3. The molecule has 2 aromatic rings. The normalized spacial score (nSPS) is 10.3. The van der Waals surface area contributed by atoms with Gasteiger partial charge in [0.1, 0.15) is 17.3 Å². The van der Waals surface area contributed by atoms with E-state index in [9.17, 15) is 4.39 Å². The molecule has 0 aromatic heterocycles. The molecule has 0 aliphatic rings. The highest BCUT2D eigenvalue weighted by Gasteiger charge is 2.10. The zero-order valence-corrected chi connectivity index (χ0v) is 13.9. The summed E-state index contributed by atoms with van der Waals surface area (Å²) in [5.74, 6) is 0.851. The highest BCUT2D eigenvalue weighted by molar-refractivity contribution is 9.10. The lowest BCUT2D eigenvalue weighted by Gasteiger charge is -2.14. The summed E-state index contributed by atoms with van der Waals surface area (Å²) in [7, 11) is 3.10. The molecule has 6 heteroatoms. The summed E-state index contributed by atoms with van der Waals surface area (Å²) in [6.45, 7) is 0.428. The van der Waals surface area contributed by atoms with Gasteiger partial charge in [0.05, 0.1) is 24.9 Å². The molecule has 1 N–H and O–H groups in total. The van der Waals surface area contributed by atoms with Crippen molar-refractivity contribution in [2.45, 2.75) is 6.54 Å². The number of anilines is 1. The predicted molar refractivity (Wildman–Crippen MR) is 86.0 cm³/mol. The van der Waals surface area contributed by atoms with Crippen molar-refractivity contribution < 1.29 is 13.9 Å². The molecular formula is C15H14BrClFNO2. The summed E-state index contributed by atoms with van der Waals surface area (Å²) >= 11 is 9.50. The Hall–Kier alpha value is -1.46. The topological polar surface area (TPSA) is 30.5 Å². The fraction of sp³-hybridized carbons (Fsp3) is 0.200. The van der Waals surface area contributed by atoms with E-state index in [2.05, 4.69) is 21.2 Å². The molecule has 0 unspecified atom stereocenters. The van der Waals surface area contributed by atoms with E-state index < -0.39 is 0 Å². The Balaban J connectivity index is 2.23. The Labute approximate surface area is 136 Å². The van der Waals surface area contributed by atoms with Gasteiger partial charge in [-0.15, -0.1) is 0 Å². The number of hydrogen-bond donors (Lipinski definition) is 1. The third kappa shape index (κ3) is 3.80. The van der Waals surface area contributed by atoms with Crippen LogP contribution in [0.1, 0.15) is 5.56 Å². The van der Waals surface area contributed by atoms with Crippen molar-refractivity contribution in [3.05, 3.63) is 51.2 Å². The van der Waals surface area contributed by atoms with E-state index in [1.54, 1.807) is 25.3 Å². The monoisotopic (exact) mass is 373 g/mol. The van der Waals surface area contributed by atoms with Gasteiger partial charge in [0.25, 0.3) is 0 Å². The zero-order chi connectivity index (χ0) is 15.4. The molecular weight excluding hydrogens is 361 g/mol. The molecule has 0 radical (unpaired) electrons. The number of methoxy groups -OCH3 is 2. The van der Waals surface area contributed by atoms with Crippen LogP contribution in [-0.4, -0.2) is 14.2 Å². The van der Waals surface area contributed by atoms with E-state index in [0.717, 1.165) is 10.0 Å². The van der Waals surface area contributed by atoms with Crippen LogP contribution in [0.2, 0.25) is 5.02 Å². The molecule has 0 saturated carbocycles. The summed E-state index contributed by atoms with van der Waals surface area (Å²) in [6.07, 6.45) is 0. The Kier molecular flexibility index (Phi) is 5.31. The fourth-order valence-electron chi connectivity index (χ4n) is 1.87. The van der Waals surface area contributed by atoms with E-state index in [4.69, 9.17) is 21.1 Å². The number of rotatable bonds is 5. The Bertz CT molecular complexity index is 652. The third-order valence-corrected chi connectivity index (χ3v) is 4.02. The molecule has 2 rings (SSSR count). The van der Waals surface area contributed by atoms with Crippen LogP contribution in [0.25, 0.3) is 0 Å². The van der Waals surface area contributed by atoms with Crippen molar-refractivity contribution in [1.82, 2.24) is 0 Å². The maximum absolute atomic E-state index is 13.3. The molecule has 0 spiro atoms. The van der Waals surface area contributed by atoms with Crippen LogP contribution < -0.4 is 14.8 Å². The van der Waals surface area contributed by atoms with Crippen LogP contribution in [0.4, 0.5) is 10.1 Å². The Morgan fingerprint density at radius 1 is 1.14 bits per heavy atom. The van der Waals surface area contributed by atoms with Gasteiger partial charge in [0, 0.05) is 17.1 Å². The first kappa shape index (κ1) is 15.9. The molecule has 0 heterocycles. The number of nitrogens with one attached hydrogen (secondary N) is 1. The largest absolute Gasteiger partial charge is 0.495 e. The van der Waals surface area contributed by atoms with Crippen molar-refractivity contribution in [1.29, 1.82) is 0 Å². The molecule has 21 heavy (non-hydrogen) atoms. The van der Waals surface area contributed by atoms with Gasteiger partial charge in [0.15, 0.2) is 0 Å². The standard InChI is InChI=1S/C15H14BrClFNO2/c1-20-14-7-15(21-2)13(6-12(14)17)19-8-9-5-10(18)3-4-11(9)16/h3-7,19H,8H2,1-2H3. The maximum Gasteiger partial charge on any atom is 0.145 e. The quantitative estimate of drug-likeness (QED) is 0.810. The average Bonchev–Trinajstić information content (AvgIpc) is 2.48. The minimum Gasteiger partial charge on any atom is -0.495 e. The number of benzene rings is 2. The van der Waals surface area contributed by atoms with Gasteiger partial charge in [-0.25, -0.2) is 4.39 Å². The lowest BCUT2D eigenvalue weighted by molar-refractivity contribution is 0.395. The summed E-state index contributed by atoms with van der Waals surface area (Å²) in [4.78, 5) is 0. The van der Waals surface area contributed by atoms with E-state index in [-0.39, 0.29) is 5.82 Å². The van der Waals surface area contributed by atoms with E-state index in [1.807, 2.05) is 0 Å². The van der Waals surface area contributed by atoms with Gasteiger partial charge in [-0.3, -0.25) is 0 Å². The molecule has 0 bridgehead atoms. The lowest BCUT2D eigenvalue weighted by atomic mass is 10.2. The highest BCUT2D eigenvalue weighted by Crippen LogP contribution is 2.36. The van der Waals surface area contributed by atoms with Crippen LogP contribution in [0, 0.1) is 5.82 Å². The second-order valence-electron chi connectivity index (χ2n) is 4.28. The number of ether oxygens (including phenoxy) is 2. The molecule has 0 aliphatic heterocycles. The molecule has 0 aliphatic carbocycles. The van der Waals surface area contributed by atoms with Crippen LogP contribution in [0.3, 0.4) is 0 Å². The van der Waals surface area contributed by atoms with Crippen LogP contribution in [-0.2, 0) is 6.54 Å². The molecule has 0 saturated heterocycles. The van der Waals surface area contributed by atoms with Gasteiger partial charge in [-0.05, 0) is 29.8 Å². The van der Waals surface area contributed by atoms with Crippen molar-refractivity contribution >= 4 is 33.2 Å². The number of halogens is 3. The van der Waals surface area contributed by atoms with Crippen molar-refractivity contribution in [2.24, 2.45) is 0 Å². The Morgan fingerprint density at radius 2 is 1.86 bits per heavy atom. The Morgan fingerprint density at radius 3 is 2.52 bits per heavy atom.